The fraction of sp³-hybridized carbons (Fsp3) is 0.929. The van der Waals surface area contributed by atoms with E-state index in [1.165, 1.54) is 0 Å². The smallest absolute Gasteiger partial charge is 0.410 e. The number of piperidine rings is 1. The zero-order chi connectivity index (χ0) is 13.6. The summed E-state index contributed by atoms with van der Waals surface area (Å²) in [6.07, 6.45) is -0.166. The molecule has 2 fully saturated rings. The Morgan fingerprint density at radius 3 is 2.72 bits per heavy atom. The Labute approximate surface area is 110 Å². The first-order valence-electron chi connectivity index (χ1n) is 6.90. The molecular weight excluding hydrogens is 228 g/mol. The first kappa shape index (κ1) is 13.7. The van der Waals surface area contributed by atoms with E-state index in [-0.39, 0.29) is 11.5 Å². The molecule has 1 amide bonds. The zero-order valence-corrected chi connectivity index (χ0v) is 12.2. The molecule has 18 heavy (non-hydrogen) atoms. The monoisotopic (exact) mass is 254 g/mol. The number of hydrogen-bond acceptors (Lipinski definition) is 3. The van der Waals surface area contributed by atoms with E-state index in [9.17, 15) is 4.79 Å². The van der Waals surface area contributed by atoms with Crippen LogP contribution in [0, 0.1) is 17.3 Å². The van der Waals surface area contributed by atoms with Gasteiger partial charge in [-0.1, -0.05) is 13.8 Å². The van der Waals surface area contributed by atoms with Crippen molar-refractivity contribution in [3.05, 3.63) is 0 Å². The van der Waals surface area contributed by atoms with E-state index >= 15 is 0 Å². The fourth-order valence-electron chi connectivity index (χ4n) is 3.39. The maximum absolute atomic E-state index is 12.2. The van der Waals surface area contributed by atoms with Crippen LogP contribution in [0.5, 0.6) is 0 Å². The highest BCUT2D eigenvalue weighted by molar-refractivity contribution is 5.68. The third-order valence-corrected chi connectivity index (χ3v) is 4.19. The van der Waals surface area contributed by atoms with Crippen molar-refractivity contribution in [3.8, 4) is 0 Å². The number of fused-ring (bicyclic) bond motifs is 1. The van der Waals surface area contributed by atoms with Crippen LogP contribution >= 0.6 is 0 Å². The van der Waals surface area contributed by atoms with Gasteiger partial charge in [0.25, 0.3) is 0 Å². The average Bonchev–Trinajstić information content (AvgIpc) is 2.57. The molecule has 0 radical (unpaired) electrons. The average molecular weight is 254 g/mol. The topological polar surface area (TPSA) is 41.6 Å². The molecule has 0 spiro atoms. The summed E-state index contributed by atoms with van der Waals surface area (Å²) in [5.74, 6) is 1.21. The van der Waals surface area contributed by atoms with Crippen LogP contribution in [0.2, 0.25) is 0 Å². The number of likely N-dealkylation sites (tertiary alicyclic amines) is 1. The predicted molar refractivity (Wildman–Crippen MR) is 71.4 cm³/mol. The van der Waals surface area contributed by atoms with Crippen molar-refractivity contribution >= 4 is 6.09 Å². The predicted octanol–water partition coefficient (Wildman–Crippen LogP) is 2.10. The molecular formula is C14H26N2O2. The largest absolute Gasteiger partial charge is 0.444 e. The van der Waals surface area contributed by atoms with Crippen LogP contribution in [-0.4, -0.2) is 42.8 Å². The lowest BCUT2D eigenvalue weighted by molar-refractivity contribution is -0.0123. The number of carbonyl (C=O) groups is 1. The van der Waals surface area contributed by atoms with Crippen LogP contribution in [-0.2, 0) is 4.74 Å². The summed E-state index contributed by atoms with van der Waals surface area (Å²) in [7, 11) is 0. The van der Waals surface area contributed by atoms with E-state index in [0.29, 0.717) is 11.8 Å². The Balaban J connectivity index is 2.06. The first-order chi connectivity index (χ1) is 8.21. The molecule has 0 aromatic carbocycles. The highest BCUT2D eigenvalue weighted by Crippen LogP contribution is 2.41. The molecule has 2 aliphatic heterocycles. The Bertz CT molecular complexity index is 337. The van der Waals surface area contributed by atoms with Gasteiger partial charge in [-0.2, -0.15) is 0 Å². The third kappa shape index (κ3) is 2.63. The molecule has 0 bridgehead atoms. The van der Waals surface area contributed by atoms with Crippen LogP contribution in [0.15, 0.2) is 0 Å². The number of carbonyl (C=O) groups excluding carboxylic acids is 1. The molecule has 1 unspecified atom stereocenters. The normalized spacial score (nSPS) is 36.4. The second kappa shape index (κ2) is 4.41. The standard InChI is InChI=1S/C14H26N2O2/c1-10-7-16(12(17)18-13(2,3)4)9-14(5)8-15-6-11(10)14/h10-11,15H,6-9H2,1-5H3/t10?,11-,14+/m1/s1. The van der Waals surface area contributed by atoms with E-state index in [4.69, 9.17) is 4.74 Å². The summed E-state index contributed by atoms with van der Waals surface area (Å²) in [5, 5.41) is 3.46. The summed E-state index contributed by atoms with van der Waals surface area (Å²) in [4.78, 5) is 14.1. The second-order valence-corrected chi connectivity index (χ2v) is 7.23. The Hall–Kier alpha value is -0.770. The first-order valence-corrected chi connectivity index (χ1v) is 6.90. The van der Waals surface area contributed by atoms with Gasteiger partial charge in [-0.25, -0.2) is 4.79 Å². The van der Waals surface area contributed by atoms with Gasteiger partial charge >= 0.3 is 6.09 Å². The number of amides is 1. The van der Waals surface area contributed by atoms with Gasteiger partial charge in [0.05, 0.1) is 0 Å². The maximum atomic E-state index is 12.2. The van der Waals surface area contributed by atoms with E-state index in [2.05, 4.69) is 19.2 Å². The van der Waals surface area contributed by atoms with Crippen molar-refractivity contribution in [2.45, 2.75) is 40.2 Å². The molecule has 2 saturated heterocycles. The quantitative estimate of drug-likeness (QED) is 0.720. The summed E-state index contributed by atoms with van der Waals surface area (Å²) in [6.45, 7) is 14.0. The van der Waals surface area contributed by atoms with E-state index in [1.807, 2.05) is 25.7 Å². The lowest BCUT2D eigenvalue weighted by Crippen LogP contribution is -2.53. The van der Waals surface area contributed by atoms with E-state index in [1.54, 1.807) is 0 Å². The molecule has 0 aromatic heterocycles. The lowest BCUT2D eigenvalue weighted by Gasteiger charge is -2.45. The van der Waals surface area contributed by atoms with Gasteiger partial charge in [-0.3, -0.25) is 0 Å². The summed E-state index contributed by atoms with van der Waals surface area (Å²) in [5.41, 5.74) is -0.208. The molecule has 1 N–H and O–H groups in total. The van der Waals surface area contributed by atoms with Crippen LogP contribution in [0.3, 0.4) is 0 Å². The van der Waals surface area contributed by atoms with Gasteiger partial charge in [-0.05, 0) is 39.2 Å². The molecule has 4 heteroatoms. The van der Waals surface area contributed by atoms with Crippen LogP contribution < -0.4 is 5.32 Å². The van der Waals surface area contributed by atoms with E-state index in [0.717, 1.165) is 26.2 Å². The third-order valence-electron chi connectivity index (χ3n) is 4.19. The number of ether oxygens (including phenoxy) is 1. The molecule has 3 atom stereocenters. The van der Waals surface area contributed by atoms with Gasteiger partial charge < -0.3 is 15.0 Å². The minimum absolute atomic E-state index is 0.166. The van der Waals surface area contributed by atoms with Crippen LogP contribution in [0.1, 0.15) is 34.6 Å². The molecule has 0 aromatic rings. The molecule has 2 aliphatic rings. The summed E-state index contributed by atoms with van der Waals surface area (Å²) in [6, 6.07) is 0. The van der Waals surface area contributed by atoms with Crippen molar-refractivity contribution in [1.29, 1.82) is 0 Å². The minimum Gasteiger partial charge on any atom is -0.444 e. The van der Waals surface area contributed by atoms with Crippen LogP contribution in [0.4, 0.5) is 4.79 Å². The SMILES string of the molecule is CC1CN(C(=O)OC(C)(C)C)C[C@]2(C)CNC[C@H]12. The van der Waals surface area contributed by atoms with Gasteiger partial charge in [0.1, 0.15) is 5.60 Å². The van der Waals surface area contributed by atoms with Crippen molar-refractivity contribution in [1.82, 2.24) is 10.2 Å². The summed E-state index contributed by atoms with van der Waals surface area (Å²) < 4.78 is 5.49. The fourth-order valence-corrected chi connectivity index (χ4v) is 3.39. The Morgan fingerprint density at radius 1 is 1.44 bits per heavy atom. The molecule has 4 nitrogen and oxygen atoms in total. The number of rotatable bonds is 0. The molecule has 0 aliphatic carbocycles. The number of nitrogens with zero attached hydrogens (tertiary/aromatic N) is 1. The zero-order valence-electron chi connectivity index (χ0n) is 12.2. The summed E-state index contributed by atoms with van der Waals surface area (Å²) >= 11 is 0. The maximum Gasteiger partial charge on any atom is 0.410 e. The lowest BCUT2D eigenvalue weighted by atomic mass is 9.70. The van der Waals surface area contributed by atoms with Crippen molar-refractivity contribution in [3.63, 3.8) is 0 Å². The van der Waals surface area contributed by atoms with E-state index < -0.39 is 5.60 Å². The molecule has 2 rings (SSSR count). The van der Waals surface area contributed by atoms with Crippen molar-refractivity contribution in [2.24, 2.45) is 17.3 Å². The van der Waals surface area contributed by atoms with Crippen molar-refractivity contribution in [2.75, 3.05) is 26.2 Å². The minimum atomic E-state index is -0.411. The van der Waals surface area contributed by atoms with Gasteiger partial charge in [0.2, 0.25) is 0 Å². The number of nitrogens with one attached hydrogen (secondary N) is 1. The highest BCUT2D eigenvalue weighted by atomic mass is 16.6. The van der Waals surface area contributed by atoms with Crippen molar-refractivity contribution < 1.29 is 9.53 Å². The Morgan fingerprint density at radius 2 is 2.11 bits per heavy atom. The molecule has 104 valence electrons. The Kier molecular flexibility index (Phi) is 3.34. The molecule has 0 saturated carbocycles. The second-order valence-electron chi connectivity index (χ2n) is 7.23. The highest BCUT2D eigenvalue weighted by Gasteiger charge is 2.48. The van der Waals surface area contributed by atoms with Crippen LogP contribution in [0.25, 0.3) is 0 Å². The van der Waals surface area contributed by atoms with Gasteiger partial charge in [0.15, 0.2) is 0 Å². The van der Waals surface area contributed by atoms with Gasteiger partial charge in [0, 0.05) is 25.0 Å². The molecule has 2 heterocycles. The number of hydrogen-bond donors (Lipinski definition) is 1. The van der Waals surface area contributed by atoms with Gasteiger partial charge in [-0.15, -0.1) is 0 Å².